The summed E-state index contributed by atoms with van der Waals surface area (Å²) in [6, 6.07) is 1.78. The van der Waals surface area contributed by atoms with E-state index in [1.165, 1.54) is 6.33 Å². The molecule has 0 bridgehead atoms. The van der Waals surface area contributed by atoms with Gasteiger partial charge in [0, 0.05) is 12.4 Å². The van der Waals surface area contributed by atoms with Crippen molar-refractivity contribution in [1.29, 1.82) is 0 Å². The normalized spacial score (nSPS) is 7.86. The molecule has 0 unspecified atom stereocenters. The van der Waals surface area contributed by atoms with Crippen molar-refractivity contribution in [2.45, 2.75) is 0 Å². The van der Waals surface area contributed by atoms with E-state index in [1.807, 2.05) is 0 Å². The lowest BCUT2D eigenvalue weighted by atomic mass is 10.7. The largest absolute Gasteiger partial charge is 0.344 e. The Morgan fingerprint density at radius 1 is 1.29 bits per heavy atom. The summed E-state index contributed by atoms with van der Waals surface area (Å²) in [6.07, 6.45) is 8.62. The molecule has 3 heteroatoms. The highest BCUT2D eigenvalue weighted by atomic mass is 14.8. The number of aromatic nitrogens is 2. The van der Waals surface area contributed by atoms with E-state index in [9.17, 15) is 0 Å². The van der Waals surface area contributed by atoms with E-state index in [4.69, 9.17) is 1.41 Å². The SMILES string of the molecule is [2H]N.c1cncnc1. The molecule has 0 aromatic carbocycles. The molecule has 0 spiro atoms. The zero-order valence-corrected chi connectivity index (χ0v) is 3.78. The third kappa shape index (κ3) is 1.83. The maximum Gasteiger partial charge on any atom is 0.115 e. The molecular weight excluding hydrogens is 90.1 g/mol. The van der Waals surface area contributed by atoms with Crippen molar-refractivity contribution in [3.8, 4) is 0 Å². The second-order valence-corrected chi connectivity index (χ2v) is 0.904. The number of hydrogen-bond acceptors (Lipinski definition) is 3. The number of hydrogen-bond donors (Lipinski definition) is 1. The Morgan fingerprint density at radius 2 is 1.86 bits per heavy atom. The summed E-state index contributed by atoms with van der Waals surface area (Å²) in [7, 11) is 0. The first kappa shape index (κ1) is 4.21. The Balaban J connectivity index is 0.000000222. The fraction of sp³-hybridized carbons (Fsp3) is 0. The molecule has 0 aliphatic carbocycles. The first-order chi connectivity index (χ1) is 4.00. The Kier molecular flexibility index (Phi) is 1.95. The fourth-order valence-corrected chi connectivity index (χ4v) is 0.253. The van der Waals surface area contributed by atoms with Gasteiger partial charge in [0.2, 0.25) is 0 Å². The summed E-state index contributed by atoms with van der Waals surface area (Å²) in [4.78, 5) is 7.35. The summed E-state index contributed by atoms with van der Waals surface area (Å²) >= 11 is 0. The fourth-order valence-electron chi connectivity index (χ4n) is 0.253. The summed E-state index contributed by atoms with van der Waals surface area (Å²) in [5.74, 6) is 0. The summed E-state index contributed by atoms with van der Waals surface area (Å²) in [6.45, 7) is 0. The molecule has 0 aliphatic rings. The lowest BCUT2D eigenvalue weighted by Crippen LogP contribution is -1.66. The van der Waals surface area contributed by atoms with Gasteiger partial charge in [-0.2, -0.15) is 0 Å². The third-order valence-corrected chi connectivity index (χ3v) is 0.478. The summed E-state index contributed by atoms with van der Waals surface area (Å²) in [5, 5.41) is 0. The second-order valence-electron chi connectivity index (χ2n) is 0.904. The zero-order valence-electron chi connectivity index (χ0n) is 4.78. The average molecular weight is 98.1 g/mol. The van der Waals surface area contributed by atoms with Crippen molar-refractivity contribution in [1.82, 2.24) is 16.1 Å². The minimum absolute atomic E-state index is 1.50. The van der Waals surface area contributed by atoms with Crippen LogP contribution >= 0.6 is 0 Å². The quantitative estimate of drug-likeness (QED) is 0.518. The van der Waals surface area contributed by atoms with Gasteiger partial charge in [-0.15, -0.1) is 0 Å². The summed E-state index contributed by atoms with van der Waals surface area (Å²) < 4.78 is 5.25. The Morgan fingerprint density at radius 3 is 2.00 bits per heavy atom. The van der Waals surface area contributed by atoms with E-state index in [0.29, 0.717) is 0 Å². The van der Waals surface area contributed by atoms with Crippen molar-refractivity contribution in [2.24, 2.45) is 0 Å². The molecule has 38 valence electrons. The van der Waals surface area contributed by atoms with Crippen LogP contribution in [0.25, 0.3) is 0 Å². The van der Waals surface area contributed by atoms with Crippen molar-refractivity contribution >= 4 is 0 Å². The van der Waals surface area contributed by atoms with Crippen molar-refractivity contribution in [3.63, 3.8) is 0 Å². The van der Waals surface area contributed by atoms with Crippen LogP contribution < -0.4 is 6.14 Å². The molecule has 0 saturated carbocycles. The van der Waals surface area contributed by atoms with E-state index in [2.05, 4.69) is 16.1 Å². The minimum atomic E-state index is 1.50. The molecule has 1 aromatic rings. The molecule has 1 rings (SSSR count). The highest BCUT2D eigenvalue weighted by Crippen LogP contribution is 1.66. The molecule has 3 N–H and O–H groups in total. The molecule has 0 aliphatic heterocycles. The minimum Gasteiger partial charge on any atom is -0.344 e. The monoisotopic (exact) mass is 98.1 g/mol. The molecule has 0 saturated heterocycles. The molecule has 7 heavy (non-hydrogen) atoms. The maximum absolute atomic E-state index is 5.25. The van der Waals surface area contributed by atoms with Crippen LogP contribution in [0.15, 0.2) is 24.8 Å². The zero-order chi connectivity index (χ0) is 6.24. The van der Waals surface area contributed by atoms with Gasteiger partial charge in [0.05, 0.1) is 0 Å². The molecule has 0 atom stereocenters. The van der Waals surface area contributed by atoms with E-state index < -0.39 is 0 Å². The molecule has 0 radical (unpaired) electrons. The number of nitrogens with zero attached hydrogens (tertiary/aromatic N) is 2. The van der Waals surface area contributed by atoms with Gasteiger partial charge in [-0.1, -0.05) is 0 Å². The first-order valence-corrected chi connectivity index (χ1v) is 1.70. The Bertz CT molecular complexity index is 83.2. The van der Waals surface area contributed by atoms with Gasteiger partial charge in [-0.25, -0.2) is 9.97 Å². The van der Waals surface area contributed by atoms with Gasteiger partial charge in [-0.05, 0) is 6.07 Å². The van der Waals surface area contributed by atoms with Gasteiger partial charge in [0.25, 0.3) is 0 Å². The first-order valence-electron chi connectivity index (χ1n) is 2.28. The van der Waals surface area contributed by atoms with Crippen LogP contribution in [0.1, 0.15) is 0 Å². The Hall–Kier alpha value is -0.960. The van der Waals surface area contributed by atoms with Gasteiger partial charge in [-0.3, -0.25) is 0 Å². The van der Waals surface area contributed by atoms with E-state index in [1.54, 1.807) is 18.5 Å². The average Bonchev–Trinajstić information content (AvgIpc) is 1.96. The molecule has 3 nitrogen and oxygen atoms in total. The van der Waals surface area contributed by atoms with Crippen LogP contribution in [-0.4, -0.2) is 9.97 Å². The number of rotatable bonds is 0. The predicted molar refractivity (Wildman–Crippen MR) is 27.1 cm³/mol. The maximum atomic E-state index is 5.25. The molecular formula is C4H7N3. The summed E-state index contributed by atoms with van der Waals surface area (Å²) in [5.41, 5.74) is 0. The van der Waals surface area contributed by atoms with Crippen LogP contribution in [0.2, 0.25) is 1.41 Å². The van der Waals surface area contributed by atoms with Gasteiger partial charge >= 0.3 is 0 Å². The van der Waals surface area contributed by atoms with Crippen molar-refractivity contribution in [2.75, 3.05) is 0 Å². The van der Waals surface area contributed by atoms with Crippen LogP contribution in [-0.2, 0) is 0 Å². The van der Waals surface area contributed by atoms with Crippen LogP contribution in [0, 0.1) is 0 Å². The van der Waals surface area contributed by atoms with Crippen LogP contribution in [0.5, 0.6) is 0 Å². The van der Waals surface area contributed by atoms with Gasteiger partial charge < -0.3 is 6.14 Å². The standard InChI is InChI=1S/C4H4N2.H3N/c1-2-5-4-6-3-1;/h1-4H;1H3/i/hD. The lowest BCUT2D eigenvalue weighted by Gasteiger charge is -1.70. The molecule has 1 aromatic heterocycles. The smallest absolute Gasteiger partial charge is 0.115 e. The van der Waals surface area contributed by atoms with Crippen LogP contribution in [0.3, 0.4) is 0 Å². The second kappa shape index (κ2) is 3.24. The molecule has 0 fully saturated rings. The van der Waals surface area contributed by atoms with E-state index >= 15 is 0 Å². The molecule has 0 amide bonds. The highest BCUT2D eigenvalue weighted by Gasteiger charge is 1.59. The topological polar surface area (TPSA) is 60.8 Å². The Labute approximate surface area is 43.5 Å². The molecule has 1 heterocycles. The van der Waals surface area contributed by atoms with E-state index in [0.717, 1.165) is 0 Å². The van der Waals surface area contributed by atoms with Crippen molar-refractivity contribution < 1.29 is 1.41 Å². The van der Waals surface area contributed by atoms with Crippen LogP contribution in [0.4, 0.5) is 0 Å². The predicted octanol–water partition coefficient (Wildman–Crippen LogP) is 0.639. The third-order valence-electron chi connectivity index (χ3n) is 0.478. The van der Waals surface area contributed by atoms with Gasteiger partial charge in [0.1, 0.15) is 7.74 Å². The lowest BCUT2D eigenvalue weighted by molar-refractivity contribution is 1.17. The van der Waals surface area contributed by atoms with E-state index in [-0.39, 0.29) is 0 Å². The van der Waals surface area contributed by atoms with Gasteiger partial charge in [0.15, 0.2) is 0 Å². The highest BCUT2D eigenvalue weighted by molar-refractivity contribution is 4.74. The van der Waals surface area contributed by atoms with Crippen molar-refractivity contribution in [3.05, 3.63) is 24.8 Å².